The van der Waals surface area contributed by atoms with E-state index < -0.39 is 5.54 Å². The van der Waals surface area contributed by atoms with Crippen molar-refractivity contribution in [2.45, 2.75) is 60.6 Å². The van der Waals surface area contributed by atoms with Crippen molar-refractivity contribution in [1.29, 1.82) is 5.26 Å². The Hall–Kier alpha value is -1.63. The molecule has 9 heteroatoms. The second-order valence-electron chi connectivity index (χ2n) is 6.99. The number of amides is 1. The number of anilines is 1. The van der Waals surface area contributed by atoms with Crippen LogP contribution in [0.3, 0.4) is 0 Å². The first-order chi connectivity index (χ1) is 13.5. The summed E-state index contributed by atoms with van der Waals surface area (Å²) in [6.07, 6.45) is 5.63. The number of thioether (sulfide) groups is 1. The molecule has 1 atom stereocenters. The zero-order valence-corrected chi connectivity index (χ0v) is 18.6. The molecule has 6 nitrogen and oxygen atoms in total. The van der Waals surface area contributed by atoms with Crippen LogP contribution in [0, 0.1) is 11.3 Å². The molecule has 150 valence electrons. The highest BCUT2D eigenvalue weighted by Gasteiger charge is 2.40. The number of carbonyl (C=O) groups is 1. The molecule has 2 aromatic heterocycles. The van der Waals surface area contributed by atoms with Gasteiger partial charge in [0.15, 0.2) is 4.34 Å². The summed E-state index contributed by atoms with van der Waals surface area (Å²) in [4.78, 5) is 15.9. The quantitative estimate of drug-likeness (QED) is 0.618. The average Bonchev–Trinajstić information content (AvgIpc) is 3.39. The lowest BCUT2D eigenvalue weighted by Crippen LogP contribution is -2.52. The van der Waals surface area contributed by atoms with Crippen LogP contribution in [-0.2, 0) is 11.2 Å². The third kappa shape index (κ3) is 5.04. The summed E-state index contributed by atoms with van der Waals surface area (Å²) in [5.41, 5.74) is -0.653. The van der Waals surface area contributed by atoms with Crippen molar-refractivity contribution < 1.29 is 4.79 Å². The zero-order valence-electron chi connectivity index (χ0n) is 16.2. The van der Waals surface area contributed by atoms with Gasteiger partial charge >= 0.3 is 0 Å². The molecule has 1 unspecified atom stereocenters. The minimum absolute atomic E-state index is 0.0177. The van der Waals surface area contributed by atoms with Crippen molar-refractivity contribution >= 4 is 45.5 Å². The Balaban J connectivity index is 1.52. The van der Waals surface area contributed by atoms with Gasteiger partial charge in [0.25, 0.3) is 0 Å². The molecule has 1 saturated carbocycles. The van der Waals surface area contributed by atoms with Crippen molar-refractivity contribution in [1.82, 2.24) is 15.1 Å². The minimum Gasteiger partial charge on any atom is -0.360 e. The topological polar surface area (TPSA) is 81.9 Å². The van der Waals surface area contributed by atoms with Crippen LogP contribution in [0.1, 0.15) is 43.9 Å². The second-order valence-corrected chi connectivity index (χ2v) is 10.6. The number of nitrogens with one attached hydrogen (secondary N) is 1. The molecule has 1 aliphatic carbocycles. The van der Waals surface area contributed by atoms with Gasteiger partial charge in [-0.25, -0.2) is 0 Å². The summed E-state index contributed by atoms with van der Waals surface area (Å²) in [6.45, 7) is 2.68. The Bertz CT molecular complexity index is 808. The molecule has 1 aliphatic rings. The predicted molar refractivity (Wildman–Crippen MR) is 116 cm³/mol. The first kappa shape index (κ1) is 21.1. The van der Waals surface area contributed by atoms with E-state index in [2.05, 4.69) is 39.1 Å². The van der Waals surface area contributed by atoms with E-state index in [1.54, 1.807) is 23.3 Å². The molecule has 0 radical (unpaired) electrons. The van der Waals surface area contributed by atoms with Crippen molar-refractivity contribution in [3.63, 3.8) is 0 Å². The first-order valence-electron chi connectivity index (χ1n) is 9.49. The van der Waals surface area contributed by atoms with E-state index >= 15 is 0 Å². The molecule has 2 aromatic rings. The monoisotopic (exact) mass is 435 g/mol. The van der Waals surface area contributed by atoms with Crippen LogP contribution >= 0.6 is 34.4 Å². The molecule has 1 fully saturated rings. The van der Waals surface area contributed by atoms with Gasteiger partial charge in [-0.2, -0.15) is 5.26 Å². The number of carbonyl (C=O) groups excluding carboxylic acids is 1. The highest BCUT2D eigenvalue weighted by molar-refractivity contribution is 8.02. The maximum Gasteiger partial charge on any atom is 0.236 e. The van der Waals surface area contributed by atoms with Crippen LogP contribution < -0.4 is 5.32 Å². The lowest BCUT2D eigenvalue weighted by atomic mass is 9.81. The summed E-state index contributed by atoms with van der Waals surface area (Å²) in [5, 5.41) is 23.9. The molecule has 0 saturated heterocycles. The van der Waals surface area contributed by atoms with Crippen molar-refractivity contribution in [3.05, 3.63) is 22.4 Å². The molecule has 0 spiro atoms. The fourth-order valence-electron chi connectivity index (χ4n) is 3.42. The molecule has 1 N–H and O–H groups in total. The largest absolute Gasteiger partial charge is 0.360 e. The molecule has 2 heterocycles. The van der Waals surface area contributed by atoms with Gasteiger partial charge in [0.2, 0.25) is 11.0 Å². The standard InChI is InChI=1S/C19H25N5OS3/c1-14(16(25)24(2)19(13-20)9-4-3-5-10-19)27-18-23-22-17(28-18)21-11-8-15-7-6-12-26-15/h6-7,12,14H,3-5,8-11H2,1-2H3,(H,21,22). The number of nitriles is 1. The maximum absolute atomic E-state index is 12.9. The van der Waals surface area contributed by atoms with Gasteiger partial charge < -0.3 is 10.2 Å². The molecule has 0 bridgehead atoms. The van der Waals surface area contributed by atoms with E-state index in [4.69, 9.17) is 0 Å². The van der Waals surface area contributed by atoms with Crippen LogP contribution in [-0.4, -0.2) is 45.4 Å². The van der Waals surface area contributed by atoms with Crippen LogP contribution in [0.5, 0.6) is 0 Å². The van der Waals surface area contributed by atoms with Crippen molar-refractivity contribution in [2.24, 2.45) is 0 Å². The van der Waals surface area contributed by atoms with Gasteiger partial charge in [-0.1, -0.05) is 48.4 Å². The van der Waals surface area contributed by atoms with Gasteiger partial charge in [-0.05, 0) is 37.6 Å². The minimum atomic E-state index is -0.653. The van der Waals surface area contributed by atoms with E-state index in [1.165, 1.54) is 28.0 Å². The third-order valence-electron chi connectivity index (χ3n) is 5.12. The number of hydrogen-bond donors (Lipinski definition) is 1. The molecule has 3 rings (SSSR count). The summed E-state index contributed by atoms with van der Waals surface area (Å²) in [5.74, 6) is -0.0177. The molecule has 0 aromatic carbocycles. The predicted octanol–water partition coefficient (Wildman–Crippen LogP) is 4.42. The number of hydrogen-bond acceptors (Lipinski definition) is 8. The van der Waals surface area contributed by atoms with Crippen molar-refractivity contribution in [3.8, 4) is 6.07 Å². The first-order valence-corrected chi connectivity index (χ1v) is 12.1. The smallest absolute Gasteiger partial charge is 0.236 e. The molecule has 28 heavy (non-hydrogen) atoms. The highest BCUT2D eigenvalue weighted by atomic mass is 32.2. The zero-order chi connectivity index (χ0) is 20.0. The highest BCUT2D eigenvalue weighted by Crippen LogP contribution is 2.35. The van der Waals surface area contributed by atoms with Crippen LogP contribution in [0.4, 0.5) is 5.13 Å². The maximum atomic E-state index is 12.9. The third-order valence-corrected chi connectivity index (χ3v) is 8.11. The average molecular weight is 436 g/mol. The molecular weight excluding hydrogens is 410 g/mol. The van der Waals surface area contributed by atoms with E-state index in [1.807, 2.05) is 6.92 Å². The van der Waals surface area contributed by atoms with Gasteiger partial charge in [0, 0.05) is 18.5 Å². The number of nitrogens with zero attached hydrogens (tertiary/aromatic N) is 4. The summed E-state index contributed by atoms with van der Waals surface area (Å²) >= 11 is 4.63. The van der Waals surface area contributed by atoms with E-state index in [9.17, 15) is 10.1 Å². The molecular formula is C19H25N5OS3. The summed E-state index contributed by atoms with van der Waals surface area (Å²) < 4.78 is 0.766. The van der Waals surface area contributed by atoms with Crippen molar-refractivity contribution in [2.75, 3.05) is 18.9 Å². The lowest BCUT2D eigenvalue weighted by Gasteiger charge is -2.39. The number of thiophene rings is 1. The van der Waals surface area contributed by atoms with Crippen LogP contribution in [0.15, 0.2) is 21.9 Å². The van der Waals surface area contributed by atoms with Crippen LogP contribution in [0.25, 0.3) is 0 Å². The molecule has 0 aliphatic heterocycles. The Morgan fingerprint density at radius 3 is 2.89 bits per heavy atom. The van der Waals surface area contributed by atoms with Gasteiger partial charge in [0.05, 0.1) is 11.3 Å². The number of rotatable bonds is 8. The second kappa shape index (κ2) is 9.72. The van der Waals surface area contributed by atoms with Gasteiger partial charge in [-0.3, -0.25) is 4.79 Å². The fourth-order valence-corrected chi connectivity index (χ4v) is 6.14. The van der Waals surface area contributed by atoms with Gasteiger partial charge in [0.1, 0.15) is 5.54 Å². The normalized spacial score (nSPS) is 16.9. The number of aromatic nitrogens is 2. The summed E-state index contributed by atoms with van der Waals surface area (Å²) in [7, 11) is 1.77. The van der Waals surface area contributed by atoms with Crippen LogP contribution in [0.2, 0.25) is 0 Å². The van der Waals surface area contributed by atoms with Gasteiger partial charge in [-0.15, -0.1) is 21.5 Å². The Morgan fingerprint density at radius 2 is 2.21 bits per heavy atom. The fraction of sp³-hybridized carbons (Fsp3) is 0.579. The van der Waals surface area contributed by atoms with E-state index in [0.29, 0.717) is 0 Å². The molecule has 1 amide bonds. The summed E-state index contributed by atoms with van der Waals surface area (Å²) in [6, 6.07) is 6.59. The lowest BCUT2D eigenvalue weighted by molar-refractivity contribution is -0.133. The van der Waals surface area contributed by atoms with E-state index in [0.717, 1.165) is 54.5 Å². The van der Waals surface area contributed by atoms with E-state index in [-0.39, 0.29) is 11.2 Å². The Kier molecular flexibility index (Phi) is 7.32. The SMILES string of the molecule is CC(Sc1nnc(NCCc2cccs2)s1)C(=O)N(C)C1(C#N)CCCCC1. The Labute approximate surface area is 178 Å². The Morgan fingerprint density at radius 1 is 1.43 bits per heavy atom.